The average Bonchev–Trinajstić information content (AvgIpc) is 2.98. The minimum absolute atomic E-state index is 0.182. The highest BCUT2D eigenvalue weighted by Crippen LogP contribution is 2.25. The van der Waals surface area contributed by atoms with Crippen molar-refractivity contribution < 1.29 is 9.42 Å². The number of nitrogens with one attached hydrogen (secondary N) is 1. The summed E-state index contributed by atoms with van der Waals surface area (Å²) >= 11 is 1.38. The Morgan fingerprint density at radius 2 is 2.08 bits per heavy atom. The number of carbonyl (C=O) groups excluding carboxylic acids is 1. The SMILES string of the molecule is CCCc1nc(SCC(=O)Nc2nonc2C)c2ccccc2n1. The smallest absolute Gasteiger partial charge is 0.236 e. The quantitative estimate of drug-likeness (QED) is 0.543. The number of hydrogen-bond acceptors (Lipinski definition) is 7. The van der Waals surface area contributed by atoms with Crippen molar-refractivity contribution in [2.75, 3.05) is 11.1 Å². The molecule has 0 bridgehead atoms. The summed E-state index contributed by atoms with van der Waals surface area (Å²) in [6.07, 6.45) is 1.79. The highest BCUT2D eigenvalue weighted by Gasteiger charge is 2.13. The molecule has 124 valence electrons. The molecule has 1 aromatic carbocycles. The Bertz CT molecular complexity index is 865. The van der Waals surface area contributed by atoms with Gasteiger partial charge in [0.2, 0.25) is 5.91 Å². The van der Waals surface area contributed by atoms with Crippen LogP contribution in [0.3, 0.4) is 0 Å². The van der Waals surface area contributed by atoms with Crippen molar-refractivity contribution >= 4 is 34.4 Å². The molecule has 0 saturated carbocycles. The van der Waals surface area contributed by atoms with Crippen LogP contribution < -0.4 is 5.32 Å². The first-order valence-corrected chi connectivity index (χ1v) is 8.63. The van der Waals surface area contributed by atoms with Crippen molar-refractivity contribution in [3.05, 3.63) is 35.8 Å². The fourth-order valence-corrected chi connectivity index (χ4v) is 3.02. The number of para-hydroxylation sites is 1. The zero-order valence-electron chi connectivity index (χ0n) is 13.4. The summed E-state index contributed by atoms with van der Waals surface area (Å²) in [5.41, 5.74) is 1.45. The van der Waals surface area contributed by atoms with Crippen LogP contribution in [0.5, 0.6) is 0 Å². The summed E-state index contributed by atoms with van der Waals surface area (Å²) < 4.78 is 4.57. The highest BCUT2D eigenvalue weighted by atomic mass is 32.2. The van der Waals surface area contributed by atoms with Gasteiger partial charge in [0.25, 0.3) is 0 Å². The predicted molar refractivity (Wildman–Crippen MR) is 91.9 cm³/mol. The minimum Gasteiger partial charge on any atom is -0.306 e. The maximum Gasteiger partial charge on any atom is 0.236 e. The number of amides is 1. The van der Waals surface area contributed by atoms with Crippen LogP contribution in [-0.4, -0.2) is 31.9 Å². The van der Waals surface area contributed by atoms with Crippen LogP contribution in [0.15, 0.2) is 33.9 Å². The molecular weight excluding hydrogens is 326 g/mol. The standard InChI is InChI=1S/C16H17N5O2S/c1-3-6-13-17-12-8-5-4-7-11(12)16(18-13)24-9-14(22)19-15-10(2)20-23-21-15/h4-5,7-8H,3,6,9H2,1-2H3,(H,19,21,22). The number of rotatable bonds is 6. The molecule has 0 atom stereocenters. The molecule has 3 rings (SSSR count). The van der Waals surface area contributed by atoms with Crippen LogP contribution in [0.25, 0.3) is 10.9 Å². The number of carbonyl (C=O) groups is 1. The Balaban J connectivity index is 1.76. The minimum atomic E-state index is -0.182. The van der Waals surface area contributed by atoms with Gasteiger partial charge < -0.3 is 5.32 Å². The molecule has 0 radical (unpaired) electrons. The number of thioether (sulfide) groups is 1. The third-order valence-electron chi connectivity index (χ3n) is 3.34. The molecule has 0 fully saturated rings. The van der Waals surface area contributed by atoms with Crippen LogP contribution in [0.2, 0.25) is 0 Å². The monoisotopic (exact) mass is 343 g/mol. The number of fused-ring (bicyclic) bond motifs is 1. The molecule has 3 aromatic rings. The molecule has 0 spiro atoms. The molecule has 24 heavy (non-hydrogen) atoms. The lowest BCUT2D eigenvalue weighted by atomic mass is 10.2. The van der Waals surface area contributed by atoms with E-state index in [1.807, 2.05) is 24.3 Å². The molecule has 0 aliphatic rings. The molecule has 1 amide bonds. The molecule has 1 N–H and O–H groups in total. The van der Waals surface area contributed by atoms with E-state index in [-0.39, 0.29) is 11.7 Å². The van der Waals surface area contributed by atoms with Crippen molar-refractivity contribution in [1.82, 2.24) is 20.3 Å². The number of hydrogen-bond donors (Lipinski definition) is 1. The molecular formula is C16H17N5O2S. The first kappa shape index (κ1) is 16.4. The Morgan fingerprint density at radius 3 is 2.83 bits per heavy atom. The summed E-state index contributed by atoms with van der Waals surface area (Å²) in [5.74, 6) is 1.19. The zero-order valence-corrected chi connectivity index (χ0v) is 14.3. The third-order valence-corrected chi connectivity index (χ3v) is 4.33. The van der Waals surface area contributed by atoms with Crippen molar-refractivity contribution in [3.63, 3.8) is 0 Å². The average molecular weight is 343 g/mol. The molecule has 0 aliphatic heterocycles. The topological polar surface area (TPSA) is 93.8 Å². The first-order valence-electron chi connectivity index (χ1n) is 7.65. The Morgan fingerprint density at radius 1 is 1.25 bits per heavy atom. The van der Waals surface area contributed by atoms with Crippen LogP contribution in [0.1, 0.15) is 24.9 Å². The van der Waals surface area contributed by atoms with Crippen molar-refractivity contribution in [3.8, 4) is 0 Å². The van der Waals surface area contributed by atoms with Gasteiger partial charge in [-0.25, -0.2) is 14.6 Å². The molecule has 7 nitrogen and oxygen atoms in total. The van der Waals surface area contributed by atoms with Gasteiger partial charge in [-0.1, -0.05) is 42.0 Å². The fourth-order valence-electron chi connectivity index (χ4n) is 2.19. The third kappa shape index (κ3) is 3.70. The summed E-state index contributed by atoms with van der Waals surface area (Å²) in [4.78, 5) is 21.3. The van der Waals surface area contributed by atoms with Gasteiger partial charge >= 0.3 is 0 Å². The summed E-state index contributed by atoms with van der Waals surface area (Å²) in [6.45, 7) is 3.81. The van der Waals surface area contributed by atoms with Gasteiger partial charge in [0.05, 0.1) is 11.3 Å². The van der Waals surface area contributed by atoms with Crippen molar-refractivity contribution in [2.24, 2.45) is 0 Å². The van der Waals surface area contributed by atoms with E-state index >= 15 is 0 Å². The van der Waals surface area contributed by atoms with Crippen molar-refractivity contribution in [2.45, 2.75) is 31.7 Å². The summed E-state index contributed by atoms with van der Waals surface area (Å²) in [5, 5.41) is 11.7. The zero-order chi connectivity index (χ0) is 16.9. The molecule has 0 saturated heterocycles. The van der Waals surface area contributed by atoms with Gasteiger partial charge in [0.15, 0.2) is 5.82 Å². The number of aryl methyl sites for hydroxylation is 2. The lowest BCUT2D eigenvalue weighted by molar-refractivity contribution is -0.113. The lowest BCUT2D eigenvalue weighted by Gasteiger charge is -2.08. The normalized spacial score (nSPS) is 10.9. The van der Waals surface area contributed by atoms with E-state index in [0.29, 0.717) is 11.5 Å². The van der Waals surface area contributed by atoms with E-state index in [9.17, 15) is 4.79 Å². The van der Waals surface area contributed by atoms with E-state index in [4.69, 9.17) is 0 Å². The van der Waals surface area contributed by atoms with E-state index in [1.54, 1.807) is 6.92 Å². The number of anilines is 1. The van der Waals surface area contributed by atoms with Gasteiger partial charge in [-0.3, -0.25) is 4.79 Å². The van der Waals surface area contributed by atoms with Crippen LogP contribution >= 0.6 is 11.8 Å². The molecule has 8 heteroatoms. The molecule has 2 heterocycles. The molecule has 0 unspecified atom stereocenters. The molecule has 0 aliphatic carbocycles. The number of aromatic nitrogens is 4. The van der Waals surface area contributed by atoms with E-state index in [0.717, 1.165) is 34.6 Å². The van der Waals surface area contributed by atoms with E-state index in [2.05, 4.69) is 37.2 Å². The molecule has 2 aromatic heterocycles. The van der Waals surface area contributed by atoms with Crippen LogP contribution in [0, 0.1) is 6.92 Å². The Labute approximate surface area is 143 Å². The fraction of sp³-hybridized carbons (Fsp3) is 0.312. The second kappa shape index (κ2) is 7.39. The largest absolute Gasteiger partial charge is 0.306 e. The van der Waals surface area contributed by atoms with Gasteiger partial charge in [0.1, 0.15) is 16.5 Å². The second-order valence-corrected chi connectivity index (χ2v) is 6.21. The highest BCUT2D eigenvalue weighted by molar-refractivity contribution is 8.00. The van der Waals surface area contributed by atoms with E-state index in [1.165, 1.54) is 11.8 Å². The Hall–Kier alpha value is -2.48. The predicted octanol–water partition coefficient (Wildman–Crippen LogP) is 3.00. The van der Waals surface area contributed by atoms with E-state index < -0.39 is 0 Å². The van der Waals surface area contributed by atoms with Gasteiger partial charge in [-0.05, 0) is 24.6 Å². The van der Waals surface area contributed by atoms with Crippen molar-refractivity contribution in [1.29, 1.82) is 0 Å². The van der Waals surface area contributed by atoms with Crippen LogP contribution in [0.4, 0.5) is 5.82 Å². The van der Waals surface area contributed by atoms with Gasteiger partial charge in [-0.2, -0.15) is 0 Å². The summed E-state index contributed by atoms with van der Waals surface area (Å²) in [6, 6.07) is 7.83. The maximum atomic E-state index is 12.1. The first-order chi connectivity index (χ1) is 11.7. The number of nitrogens with zero attached hydrogens (tertiary/aromatic N) is 4. The Kier molecular flexibility index (Phi) is 5.05. The van der Waals surface area contributed by atoms with Gasteiger partial charge in [0, 0.05) is 11.8 Å². The lowest BCUT2D eigenvalue weighted by Crippen LogP contribution is -2.15. The van der Waals surface area contributed by atoms with Crippen LogP contribution in [-0.2, 0) is 11.2 Å². The van der Waals surface area contributed by atoms with Gasteiger partial charge in [-0.15, -0.1) is 0 Å². The maximum absolute atomic E-state index is 12.1. The second-order valence-electron chi connectivity index (χ2n) is 5.25. The number of benzene rings is 1. The summed E-state index contributed by atoms with van der Waals surface area (Å²) in [7, 11) is 0.